The molecule has 6 heteroatoms. The SMILES string of the molecule is C1=CN2C(=C3NCNC3n3ccnc32)N1. The van der Waals surface area contributed by atoms with E-state index < -0.39 is 0 Å². The first kappa shape index (κ1) is 7.36. The summed E-state index contributed by atoms with van der Waals surface area (Å²) in [5.41, 5.74) is 1.17. The van der Waals surface area contributed by atoms with E-state index in [0.717, 1.165) is 18.4 Å². The molecule has 0 amide bonds. The molecule has 1 fully saturated rings. The van der Waals surface area contributed by atoms with Gasteiger partial charge >= 0.3 is 0 Å². The van der Waals surface area contributed by atoms with Crippen molar-refractivity contribution in [3.8, 4) is 0 Å². The van der Waals surface area contributed by atoms with E-state index in [2.05, 4.69) is 25.5 Å². The molecule has 0 bridgehead atoms. The quantitative estimate of drug-likeness (QED) is 0.534. The summed E-state index contributed by atoms with van der Waals surface area (Å²) in [7, 11) is 0. The maximum Gasteiger partial charge on any atom is 0.217 e. The van der Waals surface area contributed by atoms with Crippen LogP contribution in [0.3, 0.4) is 0 Å². The summed E-state index contributed by atoms with van der Waals surface area (Å²) in [6.45, 7) is 0.788. The van der Waals surface area contributed by atoms with Gasteiger partial charge in [0.25, 0.3) is 0 Å². The fraction of sp³-hybridized carbons (Fsp3) is 0.222. The van der Waals surface area contributed by atoms with Gasteiger partial charge in [0.15, 0.2) is 0 Å². The fourth-order valence-electron chi connectivity index (χ4n) is 2.29. The van der Waals surface area contributed by atoms with Gasteiger partial charge in [-0.1, -0.05) is 0 Å². The van der Waals surface area contributed by atoms with Crippen LogP contribution in [0.15, 0.2) is 36.3 Å². The summed E-state index contributed by atoms with van der Waals surface area (Å²) in [6, 6.07) is 0. The van der Waals surface area contributed by atoms with Crippen molar-refractivity contribution < 1.29 is 0 Å². The molecule has 6 nitrogen and oxygen atoms in total. The third-order valence-corrected chi connectivity index (χ3v) is 2.93. The second-order valence-electron chi connectivity index (χ2n) is 3.69. The number of rotatable bonds is 0. The van der Waals surface area contributed by atoms with Crippen LogP contribution in [0.2, 0.25) is 0 Å². The van der Waals surface area contributed by atoms with Gasteiger partial charge in [-0.05, 0) is 0 Å². The van der Waals surface area contributed by atoms with Crippen LogP contribution in [0.4, 0.5) is 5.95 Å². The smallest absolute Gasteiger partial charge is 0.217 e. The summed E-state index contributed by atoms with van der Waals surface area (Å²) < 4.78 is 2.12. The number of aromatic nitrogens is 2. The van der Waals surface area contributed by atoms with Crippen molar-refractivity contribution in [2.24, 2.45) is 0 Å². The molecule has 1 atom stereocenters. The molecule has 1 aromatic heterocycles. The molecule has 76 valence electrons. The van der Waals surface area contributed by atoms with Gasteiger partial charge < -0.3 is 10.6 Å². The highest BCUT2D eigenvalue weighted by atomic mass is 15.5. The van der Waals surface area contributed by atoms with Gasteiger partial charge in [-0.25, -0.2) is 4.98 Å². The molecule has 3 aliphatic heterocycles. The van der Waals surface area contributed by atoms with Crippen LogP contribution < -0.4 is 20.9 Å². The Kier molecular flexibility index (Phi) is 1.15. The third kappa shape index (κ3) is 0.759. The Morgan fingerprint density at radius 2 is 2.47 bits per heavy atom. The lowest BCUT2D eigenvalue weighted by Crippen LogP contribution is -2.34. The zero-order chi connectivity index (χ0) is 9.83. The van der Waals surface area contributed by atoms with Gasteiger partial charge in [0.05, 0.1) is 12.4 Å². The number of hydrogen-bond donors (Lipinski definition) is 3. The van der Waals surface area contributed by atoms with Crippen molar-refractivity contribution in [3.63, 3.8) is 0 Å². The second kappa shape index (κ2) is 2.34. The van der Waals surface area contributed by atoms with Crippen LogP contribution in [0.1, 0.15) is 6.17 Å². The lowest BCUT2D eigenvalue weighted by atomic mass is 10.3. The summed E-state index contributed by atoms with van der Waals surface area (Å²) in [5, 5.41) is 9.94. The maximum atomic E-state index is 4.36. The number of nitrogens with zero attached hydrogens (tertiary/aromatic N) is 3. The van der Waals surface area contributed by atoms with Crippen molar-refractivity contribution >= 4 is 5.95 Å². The van der Waals surface area contributed by atoms with E-state index in [1.54, 1.807) is 0 Å². The summed E-state index contributed by atoms with van der Waals surface area (Å²) in [4.78, 5) is 6.40. The number of imidazole rings is 1. The van der Waals surface area contributed by atoms with Crippen molar-refractivity contribution in [1.29, 1.82) is 0 Å². The highest BCUT2D eigenvalue weighted by Crippen LogP contribution is 2.34. The molecule has 0 aliphatic carbocycles. The molecular weight excluding hydrogens is 192 g/mol. The highest BCUT2D eigenvalue weighted by molar-refractivity contribution is 5.54. The van der Waals surface area contributed by atoms with Crippen LogP contribution in [-0.4, -0.2) is 16.2 Å². The van der Waals surface area contributed by atoms with Crippen molar-refractivity contribution in [1.82, 2.24) is 25.5 Å². The van der Waals surface area contributed by atoms with Gasteiger partial charge in [-0.15, -0.1) is 0 Å². The summed E-state index contributed by atoms with van der Waals surface area (Å²) in [6.07, 6.45) is 7.90. The molecule has 3 aliphatic rings. The Morgan fingerprint density at radius 1 is 1.47 bits per heavy atom. The zero-order valence-corrected chi connectivity index (χ0v) is 7.94. The zero-order valence-electron chi connectivity index (χ0n) is 7.94. The Labute approximate surface area is 86.3 Å². The predicted octanol–water partition coefficient (Wildman–Crippen LogP) is -0.405. The third-order valence-electron chi connectivity index (χ3n) is 2.93. The van der Waals surface area contributed by atoms with Crippen LogP contribution >= 0.6 is 0 Å². The van der Waals surface area contributed by atoms with E-state index in [4.69, 9.17) is 0 Å². The van der Waals surface area contributed by atoms with E-state index in [9.17, 15) is 0 Å². The van der Waals surface area contributed by atoms with E-state index >= 15 is 0 Å². The maximum absolute atomic E-state index is 4.36. The van der Waals surface area contributed by atoms with Gasteiger partial charge in [-0.2, -0.15) is 0 Å². The minimum Gasteiger partial charge on any atom is -0.370 e. The van der Waals surface area contributed by atoms with Crippen molar-refractivity contribution in [3.05, 3.63) is 36.3 Å². The molecular formula is C9H10N6. The average molecular weight is 202 g/mol. The Morgan fingerprint density at radius 3 is 3.47 bits per heavy atom. The van der Waals surface area contributed by atoms with Gasteiger partial charge in [-0.3, -0.25) is 14.8 Å². The Hall–Kier alpha value is -1.95. The standard InChI is InChI=1S/C9H10N6/c1-3-14-7(10-1)6-8(13-5-12-6)15-4-2-11-9(14)15/h1-4,8,10,12-13H,5H2. The predicted molar refractivity (Wildman–Crippen MR) is 54.2 cm³/mol. The lowest BCUT2D eigenvalue weighted by molar-refractivity contribution is 0.511. The molecule has 1 aromatic rings. The van der Waals surface area contributed by atoms with E-state index in [0.29, 0.717) is 0 Å². The minimum absolute atomic E-state index is 0.182. The van der Waals surface area contributed by atoms with Crippen molar-refractivity contribution in [2.75, 3.05) is 11.6 Å². The number of fused-ring (bicyclic) bond motifs is 5. The minimum atomic E-state index is 0.182. The molecule has 4 rings (SSSR count). The van der Waals surface area contributed by atoms with Gasteiger partial charge in [0.2, 0.25) is 5.95 Å². The lowest BCUT2D eigenvalue weighted by Gasteiger charge is -2.29. The first-order chi connectivity index (χ1) is 7.45. The summed E-state index contributed by atoms with van der Waals surface area (Å²) >= 11 is 0. The number of nitrogens with one attached hydrogen (secondary N) is 3. The first-order valence-electron chi connectivity index (χ1n) is 4.92. The fourth-order valence-corrected chi connectivity index (χ4v) is 2.29. The van der Waals surface area contributed by atoms with Gasteiger partial charge in [0, 0.05) is 24.8 Å². The van der Waals surface area contributed by atoms with Crippen molar-refractivity contribution in [2.45, 2.75) is 6.17 Å². The van der Waals surface area contributed by atoms with Crippen LogP contribution in [0.5, 0.6) is 0 Å². The first-order valence-corrected chi connectivity index (χ1v) is 4.92. The van der Waals surface area contributed by atoms with Crippen LogP contribution in [0, 0.1) is 0 Å². The average Bonchev–Trinajstić information content (AvgIpc) is 2.97. The molecule has 1 saturated heterocycles. The van der Waals surface area contributed by atoms with E-state index in [1.807, 2.05) is 29.7 Å². The molecule has 1 unspecified atom stereocenters. The topological polar surface area (TPSA) is 57.1 Å². The van der Waals surface area contributed by atoms with Crippen LogP contribution in [0.25, 0.3) is 0 Å². The van der Waals surface area contributed by atoms with Gasteiger partial charge in [0.1, 0.15) is 12.0 Å². The number of hydrogen-bond acceptors (Lipinski definition) is 5. The molecule has 0 spiro atoms. The monoisotopic (exact) mass is 202 g/mol. The second-order valence-corrected chi connectivity index (χ2v) is 3.69. The Balaban J connectivity index is 1.99. The largest absolute Gasteiger partial charge is 0.370 e. The molecule has 0 saturated carbocycles. The molecule has 0 aromatic carbocycles. The molecule has 15 heavy (non-hydrogen) atoms. The van der Waals surface area contributed by atoms with E-state index in [1.165, 1.54) is 5.70 Å². The Bertz CT molecular complexity index is 485. The molecule has 0 radical (unpaired) electrons. The highest BCUT2D eigenvalue weighted by Gasteiger charge is 2.36. The normalized spacial score (nSPS) is 25.9. The number of anilines is 1. The molecule has 4 heterocycles. The van der Waals surface area contributed by atoms with Crippen LogP contribution in [-0.2, 0) is 0 Å². The molecule has 3 N–H and O–H groups in total. The van der Waals surface area contributed by atoms with E-state index in [-0.39, 0.29) is 6.17 Å². The summed E-state index contributed by atoms with van der Waals surface area (Å²) in [5.74, 6) is 2.01.